The summed E-state index contributed by atoms with van der Waals surface area (Å²) in [6, 6.07) is 0. The van der Waals surface area contributed by atoms with E-state index in [0.717, 1.165) is 0 Å². The smallest absolute Gasteiger partial charge is 0.743 e. The Hall–Kier alpha value is -0.263. The second-order valence-corrected chi connectivity index (χ2v) is 6.07. The summed E-state index contributed by atoms with van der Waals surface area (Å²) < 4.78 is 169. The van der Waals surface area contributed by atoms with E-state index in [2.05, 4.69) is 0 Å². The Balaban J connectivity index is 0. The number of unbranched alkanes of at least 4 members (excludes halogenated alkanes) is 1. The van der Waals surface area contributed by atoms with E-state index in [9.17, 15) is 61.3 Å². The summed E-state index contributed by atoms with van der Waals surface area (Å²) in [7, 11) is -7.44. The first-order valence-electron chi connectivity index (χ1n) is 5.74. The summed E-state index contributed by atoms with van der Waals surface area (Å²) in [4.78, 5) is 0. The molecule has 0 aliphatic carbocycles. The van der Waals surface area contributed by atoms with E-state index in [4.69, 9.17) is 0 Å². The minimum absolute atomic E-state index is 0. The van der Waals surface area contributed by atoms with Gasteiger partial charge in [-0.3, -0.25) is 0 Å². The van der Waals surface area contributed by atoms with Crippen LogP contribution in [-0.2, 0) is 10.1 Å². The number of hydrogen-bond acceptors (Lipinski definition) is 3. The van der Waals surface area contributed by atoms with Crippen LogP contribution in [0.1, 0.15) is 25.7 Å². The first-order valence-corrected chi connectivity index (χ1v) is 7.15. The maximum Gasteiger partial charge on any atom is 1.00 e. The van der Waals surface area contributed by atoms with E-state index >= 15 is 0 Å². The Bertz CT molecular complexity index is 543. The minimum atomic E-state index is -7.44. The molecule has 0 rings (SSSR count). The number of rotatable bonds is 8. The van der Waals surface area contributed by atoms with Crippen molar-refractivity contribution in [3.63, 3.8) is 0 Å². The molecule has 0 aliphatic rings. The summed E-state index contributed by atoms with van der Waals surface area (Å²) >= 11 is 0. The van der Waals surface area contributed by atoms with E-state index in [0.29, 0.717) is 0 Å². The van der Waals surface area contributed by atoms with Gasteiger partial charge in [-0.2, -0.15) is 48.3 Å². The fraction of sp³-hybridized carbons (Fsp3) is 1.00. The Kier molecular flexibility index (Phi) is 8.38. The first kappa shape index (κ1) is 27.0. The molecule has 16 heteroatoms. The number of hydrogen-bond donors (Lipinski definition) is 0. The van der Waals surface area contributed by atoms with Crippen molar-refractivity contribution in [2.24, 2.45) is 0 Å². The second-order valence-electron chi connectivity index (χ2n) is 4.65. The molecule has 0 saturated carbocycles. The van der Waals surface area contributed by atoms with Crippen molar-refractivity contribution in [2.75, 3.05) is 0 Å². The van der Waals surface area contributed by atoms with Gasteiger partial charge in [-0.15, -0.1) is 0 Å². The SMILES string of the molecule is O=S(=O)([O-])C(F)(F)C(F)(F)C(F)(F)C(F)(F)CCCCC(F)(F)F.[Li+]. The van der Waals surface area contributed by atoms with Gasteiger partial charge in [-0.05, 0) is 12.8 Å². The summed E-state index contributed by atoms with van der Waals surface area (Å²) in [5.74, 6) is -20.3. The van der Waals surface area contributed by atoms with E-state index in [1.165, 1.54) is 0 Å². The number of halogens is 11. The molecule has 0 atom stereocenters. The Morgan fingerprint density at radius 3 is 1.36 bits per heavy atom. The molecule has 3 nitrogen and oxygen atoms in total. The normalized spacial score (nSPS) is 15.0. The third-order valence-electron chi connectivity index (χ3n) is 2.73. The standard InChI is InChI=1S/C9H9F11O3S.Li/c10-5(11,3-1-2-4-6(12,13)14)7(15,16)8(17,18)9(19,20)24(21,22)23;/h1-4H2,(H,21,22,23);/q;+1/p-1. The van der Waals surface area contributed by atoms with Gasteiger partial charge in [0.2, 0.25) is 0 Å². The van der Waals surface area contributed by atoms with Crippen molar-refractivity contribution in [1.82, 2.24) is 0 Å². The predicted octanol–water partition coefficient (Wildman–Crippen LogP) is 1.16. The van der Waals surface area contributed by atoms with Crippen molar-refractivity contribution in [1.29, 1.82) is 0 Å². The van der Waals surface area contributed by atoms with Gasteiger partial charge in [0.05, 0.1) is 0 Å². The molecular formula is C9H8F11LiO3S. The maximum atomic E-state index is 13.1. The zero-order chi connectivity index (χ0) is 19.8. The molecule has 0 aliphatic heterocycles. The third-order valence-corrected chi connectivity index (χ3v) is 3.62. The third kappa shape index (κ3) is 5.60. The topological polar surface area (TPSA) is 57.2 Å². The van der Waals surface area contributed by atoms with E-state index in [-0.39, 0.29) is 18.9 Å². The van der Waals surface area contributed by atoms with Crippen LogP contribution in [0, 0.1) is 0 Å². The molecule has 0 aromatic carbocycles. The molecule has 0 amide bonds. The van der Waals surface area contributed by atoms with E-state index in [1.54, 1.807) is 0 Å². The molecule has 0 spiro atoms. The summed E-state index contributed by atoms with van der Waals surface area (Å²) in [5, 5.41) is -7.07. The molecule has 0 unspecified atom stereocenters. The molecule has 0 N–H and O–H groups in total. The van der Waals surface area contributed by atoms with Gasteiger partial charge in [0.25, 0.3) is 0 Å². The minimum Gasteiger partial charge on any atom is -0.743 e. The predicted molar refractivity (Wildman–Crippen MR) is 54.0 cm³/mol. The second kappa shape index (κ2) is 7.77. The van der Waals surface area contributed by atoms with Gasteiger partial charge in [0, 0.05) is 12.8 Å². The van der Waals surface area contributed by atoms with Crippen molar-refractivity contribution < 1.29 is 80.1 Å². The Morgan fingerprint density at radius 1 is 0.680 bits per heavy atom. The molecule has 0 aromatic heterocycles. The van der Waals surface area contributed by atoms with Crippen LogP contribution in [0.4, 0.5) is 48.3 Å². The molecule has 0 aromatic rings. The van der Waals surface area contributed by atoms with Gasteiger partial charge in [-0.1, -0.05) is 0 Å². The fourth-order valence-corrected chi connectivity index (χ4v) is 1.84. The zero-order valence-corrected chi connectivity index (χ0v) is 12.9. The van der Waals surface area contributed by atoms with Gasteiger partial charge in [-0.25, -0.2) is 8.42 Å². The van der Waals surface area contributed by atoms with Crippen LogP contribution in [0.25, 0.3) is 0 Å². The molecule has 146 valence electrons. The maximum absolute atomic E-state index is 13.1. The summed E-state index contributed by atoms with van der Waals surface area (Å²) in [6.45, 7) is 0. The zero-order valence-electron chi connectivity index (χ0n) is 12.1. The van der Waals surface area contributed by atoms with E-state index in [1.807, 2.05) is 0 Å². The molecule has 0 fully saturated rings. The van der Waals surface area contributed by atoms with Crippen molar-refractivity contribution in [3.8, 4) is 0 Å². The fourth-order valence-electron chi connectivity index (χ4n) is 1.40. The molecule has 25 heavy (non-hydrogen) atoms. The van der Waals surface area contributed by atoms with Gasteiger partial charge in [0.1, 0.15) is 0 Å². The summed E-state index contributed by atoms with van der Waals surface area (Å²) in [5.41, 5.74) is 0. The molecule has 0 bridgehead atoms. The van der Waals surface area contributed by atoms with Gasteiger partial charge >= 0.3 is 48.1 Å². The number of alkyl halides is 11. The van der Waals surface area contributed by atoms with Gasteiger partial charge < -0.3 is 4.55 Å². The molecule has 0 saturated heterocycles. The molecule has 0 heterocycles. The van der Waals surface area contributed by atoms with Gasteiger partial charge in [0.15, 0.2) is 10.1 Å². The largest absolute Gasteiger partial charge is 1.00 e. The average Bonchev–Trinajstić information content (AvgIpc) is 2.31. The quantitative estimate of drug-likeness (QED) is 0.260. The van der Waals surface area contributed by atoms with Crippen LogP contribution in [0.5, 0.6) is 0 Å². The van der Waals surface area contributed by atoms with Crippen molar-refractivity contribution in [2.45, 2.75) is 54.9 Å². The summed E-state index contributed by atoms with van der Waals surface area (Å²) in [6.07, 6.45) is -11.6. The molecule has 0 radical (unpaired) electrons. The molecular weight excluding hydrogens is 404 g/mol. The Morgan fingerprint density at radius 2 is 1.04 bits per heavy atom. The average molecular weight is 412 g/mol. The Labute approximate surface area is 145 Å². The van der Waals surface area contributed by atoms with E-state index < -0.39 is 65.0 Å². The van der Waals surface area contributed by atoms with Crippen LogP contribution in [0.3, 0.4) is 0 Å². The van der Waals surface area contributed by atoms with Crippen LogP contribution in [0.15, 0.2) is 0 Å². The monoisotopic (exact) mass is 412 g/mol. The van der Waals surface area contributed by atoms with Crippen LogP contribution >= 0.6 is 0 Å². The van der Waals surface area contributed by atoms with Crippen LogP contribution in [-0.4, -0.2) is 42.2 Å². The van der Waals surface area contributed by atoms with Crippen molar-refractivity contribution >= 4 is 10.1 Å². The van der Waals surface area contributed by atoms with Crippen molar-refractivity contribution in [3.05, 3.63) is 0 Å². The van der Waals surface area contributed by atoms with Crippen LogP contribution < -0.4 is 18.9 Å². The van der Waals surface area contributed by atoms with Crippen LogP contribution in [0.2, 0.25) is 0 Å². The first-order chi connectivity index (χ1) is 10.2.